The molecule has 0 radical (unpaired) electrons. The molecule has 0 bridgehead atoms. The van der Waals surface area contributed by atoms with Gasteiger partial charge in [0.2, 0.25) is 0 Å². The summed E-state index contributed by atoms with van der Waals surface area (Å²) >= 11 is 1.48. The van der Waals surface area contributed by atoms with Gasteiger partial charge in [0.25, 0.3) is 5.91 Å². The predicted molar refractivity (Wildman–Crippen MR) is 109 cm³/mol. The van der Waals surface area contributed by atoms with Crippen LogP contribution >= 0.6 is 11.3 Å². The van der Waals surface area contributed by atoms with Crippen LogP contribution in [-0.4, -0.2) is 37.1 Å². The molecule has 2 aromatic carbocycles. The van der Waals surface area contributed by atoms with Crippen molar-refractivity contribution in [3.63, 3.8) is 0 Å². The number of amides is 1. The van der Waals surface area contributed by atoms with Crippen LogP contribution in [0, 0.1) is 12.7 Å². The Kier molecular flexibility index (Phi) is 6.19. The first kappa shape index (κ1) is 19.5. The van der Waals surface area contributed by atoms with E-state index in [9.17, 15) is 9.18 Å². The van der Waals surface area contributed by atoms with Gasteiger partial charge in [-0.25, -0.2) is 9.37 Å². The topological polar surface area (TPSA) is 37.6 Å². The second-order valence-electron chi connectivity index (χ2n) is 6.56. The Labute approximate surface area is 163 Å². The first-order valence-electron chi connectivity index (χ1n) is 9.31. The minimum atomic E-state index is -0.500. The number of benzene rings is 2. The van der Waals surface area contributed by atoms with Gasteiger partial charge in [0, 0.05) is 0 Å². The third kappa shape index (κ3) is 4.17. The molecule has 0 aliphatic heterocycles. The Bertz CT molecular complexity index is 936. The fraction of sp³-hybridized carbons (Fsp3) is 0.333. The van der Waals surface area contributed by atoms with Crippen molar-refractivity contribution < 1.29 is 14.1 Å². The number of thiazole rings is 1. The molecule has 27 heavy (non-hydrogen) atoms. The molecule has 0 saturated heterocycles. The molecular formula is C21H25FN3OS+. The Hall–Kier alpha value is -2.31. The third-order valence-electron chi connectivity index (χ3n) is 4.88. The fourth-order valence-corrected chi connectivity index (χ4v) is 4.20. The molecule has 1 aromatic heterocycles. The summed E-state index contributed by atoms with van der Waals surface area (Å²) in [5.74, 6) is -0.837. The van der Waals surface area contributed by atoms with Crippen molar-refractivity contribution in [2.45, 2.75) is 20.8 Å². The van der Waals surface area contributed by atoms with E-state index in [0.29, 0.717) is 11.7 Å². The average Bonchev–Trinajstić information content (AvgIpc) is 3.10. The van der Waals surface area contributed by atoms with E-state index in [1.807, 2.05) is 25.1 Å². The summed E-state index contributed by atoms with van der Waals surface area (Å²) in [6, 6.07) is 12.1. The number of para-hydroxylation sites is 1. The molecule has 6 heteroatoms. The summed E-state index contributed by atoms with van der Waals surface area (Å²) in [6.45, 7) is 9.53. The first-order valence-corrected chi connectivity index (χ1v) is 10.1. The SMILES string of the molecule is CC[NH+](CC)CCN(C(=O)c1ccccc1F)c1nc2c(C)cccc2s1. The maximum atomic E-state index is 14.2. The third-order valence-corrected chi connectivity index (χ3v) is 5.92. The van der Waals surface area contributed by atoms with Gasteiger partial charge in [-0.3, -0.25) is 9.69 Å². The lowest BCUT2D eigenvalue weighted by atomic mass is 10.2. The molecule has 0 aliphatic rings. The second kappa shape index (κ2) is 8.59. The van der Waals surface area contributed by atoms with Crippen molar-refractivity contribution in [3.05, 3.63) is 59.4 Å². The van der Waals surface area contributed by atoms with Crippen LogP contribution in [0.25, 0.3) is 10.2 Å². The molecule has 142 valence electrons. The summed E-state index contributed by atoms with van der Waals surface area (Å²) in [4.78, 5) is 20.9. The van der Waals surface area contributed by atoms with Gasteiger partial charge in [-0.2, -0.15) is 0 Å². The predicted octanol–water partition coefficient (Wildman–Crippen LogP) is 3.32. The molecule has 0 aliphatic carbocycles. The number of hydrogen-bond donors (Lipinski definition) is 1. The molecule has 3 rings (SSSR count). The van der Waals surface area contributed by atoms with Gasteiger partial charge in [0.1, 0.15) is 5.82 Å². The summed E-state index contributed by atoms with van der Waals surface area (Å²) in [6.07, 6.45) is 0. The largest absolute Gasteiger partial charge is 0.334 e. The number of likely N-dealkylation sites (N-methyl/N-ethyl adjacent to an activating group) is 1. The fourth-order valence-electron chi connectivity index (χ4n) is 3.13. The van der Waals surface area contributed by atoms with Crippen LogP contribution in [-0.2, 0) is 0 Å². The van der Waals surface area contributed by atoms with Gasteiger partial charge in [-0.1, -0.05) is 35.6 Å². The lowest BCUT2D eigenvalue weighted by Gasteiger charge is -2.23. The van der Waals surface area contributed by atoms with E-state index in [1.165, 1.54) is 28.4 Å². The van der Waals surface area contributed by atoms with Crippen molar-refractivity contribution in [2.75, 3.05) is 31.1 Å². The first-order chi connectivity index (χ1) is 13.0. The number of nitrogens with zero attached hydrogens (tertiary/aromatic N) is 2. The number of nitrogens with one attached hydrogen (secondary N) is 1. The molecule has 1 amide bonds. The number of rotatable bonds is 7. The van der Waals surface area contributed by atoms with Crippen molar-refractivity contribution in [1.82, 2.24) is 4.98 Å². The highest BCUT2D eigenvalue weighted by molar-refractivity contribution is 7.22. The highest BCUT2D eigenvalue weighted by atomic mass is 32.1. The number of aryl methyl sites for hydroxylation is 1. The molecule has 3 aromatic rings. The summed E-state index contributed by atoms with van der Waals surface area (Å²) < 4.78 is 15.3. The number of anilines is 1. The molecule has 0 saturated carbocycles. The quantitative estimate of drug-likeness (QED) is 0.676. The second-order valence-corrected chi connectivity index (χ2v) is 7.57. The normalized spacial score (nSPS) is 11.3. The van der Waals surface area contributed by atoms with E-state index >= 15 is 0 Å². The van der Waals surface area contributed by atoms with Gasteiger partial charge in [0.05, 0.1) is 42.0 Å². The van der Waals surface area contributed by atoms with Crippen LogP contribution in [0.4, 0.5) is 9.52 Å². The van der Waals surface area contributed by atoms with Crippen LogP contribution in [0.5, 0.6) is 0 Å². The maximum Gasteiger partial charge on any atom is 0.263 e. The van der Waals surface area contributed by atoms with E-state index in [2.05, 4.69) is 13.8 Å². The number of fused-ring (bicyclic) bond motifs is 1. The molecule has 0 atom stereocenters. The van der Waals surface area contributed by atoms with Crippen molar-refractivity contribution in [1.29, 1.82) is 0 Å². The Balaban J connectivity index is 1.99. The van der Waals surface area contributed by atoms with Crippen LogP contribution in [0.15, 0.2) is 42.5 Å². The zero-order valence-corrected chi connectivity index (χ0v) is 16.8. The highest BCUT2D eigenvalue weighted by Gasteiger charge is 2.25. The molecule has 0 spiro atoms. The molecular weight excluding hydrogens is 361 g/mol. The van der Waals surface area contributed by atoms with Gasteiger partial charge in [-0.05, 0) is 44.5 Å². The van der Waals surface area contributed by atoms with Gasteiger partial charge < -0.3 is 4.90 Å². The number of carbonyl (C=O) groups is 1. The number of hydrogen-bond acceptors (Lipinski definition) is 3. The zero-order chi connectivity index (χ0) is 19.4. The summed E-state index contributed by atoms with van der Waals surface area (Å²) in [5.41, 5.74) is 2.06. The van der Waals surface area contributed by atoms with Crippen molar-refractivity contribution in [3.8, 4) is 0 Å². The van der Waals surface area contributed by atoms with Crippen LogP contribution in [0.2, 0.25) is 0 Å². The minimum absolute atomic E-state index is 0.0861. The minimum Gasteiger partial charge on any atom is -0.334 e. The van der Waals surface area contributed by atoms with Gasteiger partial charge >= 0.3 is 0 Å². The van der Waals surface area contributed by atoms with E-state index < -0.39 is 5.82 Å². The molecule has 0 unspecified atom stereocenters. The number of aromatic nitrogens is 1. The molecule has 1 N–H and O–H groups in total. The van der Waals surface area contributed by atoms with Crippen LogP contribution < -0.4 is 9.80 Å². The number of halogens is 1. The lowest BCUT2D eigenvalue weighted by molar-refractivity contribution is -0.894. The zero-order valence-electron chi connectivity index (χ0n) is 16.0. The Morgan fingerprint density at radius 3 is 2.56 bits per heavy atom. The lowest BCUT2D eigenvalue weighted by Crippen LogP contribution is -3.12. The summed E-state index contributed by atoms with van der Waals surface area (Å²) in [5, 5.41) is 0.624. The number of carbonyl (C=O) groups excluding carboxylic acids is 1. The number of quaternary nitrogens is 1. The average molecular weight is 387 g/mol. The smallest absolute Gasteiger partial charge is 0.263 e. The van der Waals surface area contributed by atoms with E-state index in [0.717, 1.165) is 35.4 Å². The maximum absolute atomic E-state index is 14.2. The summed E-state index contributed by atoms with van der Waals surface area (Å²) in [7, 11) is 0. The van der Waals surface area contributed by atoms with Crippen LogP contribution in [0.1, 0.15) is 29.8 Å². The molecule has 0 fully saturated rings. The van der Waals surface area contributed by atoms with Gasteiger partial charge in [-0.15, -0.1) is 0 Å². The van der Waals surface area contributed by atoms with E-state index in [4.69, 9.17) is 4.98 Å². The van der Waals surface area contributed by atoms with Crippen molar-refractivity contribution in [2.24, 2.45) is 0 Å². The molecule has 4 nitrogen and oxygen atoms in total. The highest BCUT2D eigenvalue weighted by Crippen LogP contribution is 2.31. The van der Waals surface area contributed by atoms with Crippen LogP contribution in [0.3, 0.4) is 0 Å². The van der Waals surface area contributed by atoms with Gasteiger partial charge in [0.15, 0.2) is 5.13 Å². The van der Waals surface area contributed by atoms with Crippen molar-refractivity contribution >= 4 is 32.6 Å². The van der Waals surface area contributed by atoms with E-state index in [-0.39, 0.29) is 11.5 Å². The van der Waals surface area contributed by atoms with E-state index in [1.54, 1.807) is 17.0 Å². The standard InChI is InChI=1S/C21H24FN3OS/c1-4-24(5-2)13-14-25(20(26)16-10-6-7-11-17(16)22)21-23-19-15(3)9-8-12-18(19)27-21/h6-12H,4-5,13-14H2,1-3H3/p+1. The monoisotopic (exact) mass is 386 g/mol. The molecule has 1 heterocycles. The Morgan fingerprint density at radius 1 is 1.15 bits per heavy atom. The Morgan fingerprint density at radius 2 is 1.89 bits per heavy atom.